The highest BCUT2D eigenvalue weighted by Crippen LogP contribution is 2.22. The summed E-state index contributed by atoms with van der Waals surface area (Å²) < 4.78 is 0.984. The maximum absolute atomic E-state index is 5.88. The summed E-state index contributed by atoms with van der Waals surface area (Å²) in [4.78, 5) is 8.50. The predicted octanol–water partition coefficient (Wildman–Crippen LogP) is 4.18. The number of nitrogens with zero attached hydrogens (tertiary/aromatic N) is 2. The summed E-state index contributed by atoms with van der Waals surface area (Å²) in [5, 5.41) is 1.69. The second-order valence-corrected chi connectivity index (χ2v) is 5.42. The third kappa shape index (κ3) is 3.47. The van der Waals surface area contributed by atoms with E-state index in [1.165, 1.54) is 0 Å². The summed E-state index contributed by atoms with van der Waals surface area (Å²) in [5.74, 6) is 0.773. The summed E-state index contributed by atoms with van der Waals surface area (Å²) >= 11 is 10.9. The van der Waals surface area contributed by atoms with Crippen LogP contribution in [0.2, 0.25) is 5.02 Å². The number of thioether (sulfide) groups is 1. The molecule has 0 radical (unpaired) electrons. The SMILES string of the molecule is Clc1ccnc(CSc2ccc(Br)cn2)c1. The fourth-order valence-corrected chi connectivity index (χ4v) is 2.29. The lowest BCUT2D eigenvalue weighted by Gasteiger charge is -2.01. The molecule has 0 aliphatic carbocycles. The summed E-state index contributed by atoms with van der Waals surface area (Å²) in [6.45, 7) is 0. The van der Waals surface area contributed by atoms with Crippen LogP contribution in [0.25, 0.3) is 0 Å². The lowest BCUT2D eigenvalue weighted by Crippen LogP contribution is -1.86. The Bertz CT molecular complexity index is 476. The first kappa shape index (κ1) is 11.9. The number of aromatic nitrogens is 2. The number of rotatable bonds is 3. The van der Waals surface area contributed by atoms with Crippen LogP contribution in [0.15, 0.2) is 46.2 Å². The molecular weight excluding hydrogens is 308 g/mol. The molecule has 0 spiro atoms. The van der Waals surface area contributed by atoms with Crippen LogP contribution in [-0.2, 0) is 5.75 Å². The Morgan fingerprint density at radius 2 is 2.12 bits per heavy atom. The average molecular weight is 316 g/mol. The minimum atomic E-state index is 0.717. The van der Waals surface area contributed by atoms with Gasteiger partial charge in [-0.1, -0.05) is 11.6 Å². The third-order valence-corrected chi connectivity index (χ3v) is 3.53. The molecule has 2 rings (SSSR count). The zero-order valence-corrected chi connectivity index (χ0v) is 11.4. The molecule has 0 N–H and O–H groups in total. The van der Waals surface area contributed by atoms with E-state index in [0.717, 1.165) is 26.0 Å². The molecule has 2 aromatic heterocycles. The van der Waals surface area contributed by atoms with Gasteiger partial charge in [-0.15, -0.1) is 11.8 Å². The van der Waals surface area contributed by atoms with Crippen LogP contribution in [0.1, 0.15) is 5.69 Å². The van der Waals surface area contributed by atoms with Crippen molar-refractivity contribution in [2.45, 2.75) is 10.8 Å². The smallest absolute Gasteiger partial charge is 0.0964 e. The highest BCUT2D eigenvalue weighted by Gasteiger charge is 1.99. The first-order valence-electron chi connectivity index (χ1n) is 4.59. The van der Waals surface area contributed by atoms with E-state index < -0.39 is 0 Å². The monoisotopic (exact) mass is 314 g/mol. The molecule has 0 fully saturated rings. The molecule has 82 valence electrons. The molecule has 0 saturated heterocycles. The van der Waals surface area contributed by atoms with Gasteiger partial charge in [-0.3, -0.25) is 4.98 Å². The van der Waals surface area contributed by atoms with Crippen molar-refractivity contribution in [1.82, 2.24) is 9.97 Å². The molecule has 0 aliphatic heterocycles. The highest BCUT2D eigenvalue weighted by molar-refractivity contribution is 9.10. The van der Waals surface area contributed by atoms with E-state index in [4.69, 9.17) is 11.6 Å². The van der Waals surface area contributed by atoms with Crippen molar-refractivity contribution in [2.75, 3.05) is 0 Å². The molecule has 5 heteroatoms. The van der Waals surface area contributed by atoms with E-state index in [1.54, 1.807) is 30.2 Å². The first-order chi connectivity index (χ1) is 7.74. The van der Waals surface area contributed by atoms with Gasteiger partial charge >= 0.3 is 0 Å². The molecule has 0 aliphatic rings. The van der Waals surface area contributed by atoms with Crippen LogP contribution in [0.4, 0.5) is 0 Å². The van der Waals surface area contributed by atoms with Crippen LogP contribution >= 0.6 is 39.3 Å². The Hall–Kier alpha value is -0.580. The van der Waals surface area contributed by atoms with E-state index in [0.29, 0.717) is 0 Å². The van der Waals surface area contributed by atoms with Crippen LogP contribution in [0, 0.1) is 0 Å². The lowest BCUT2D eigenvalue weighted by molar-refractivity contribution is 1.11. The molecule has 0 amide bonds. The molecule has 2 aromatic rings. The topological polar surface area (TPSA) is 25.8 Å². The van der Waals surface area contributed by atoms with Gasteiger partial charge in [0.25, 0.3) is 0 Å². The minimum absolute atomic E-state index is 0.717. The number of hydrogen-bond donors (Lipinski definition) is 0. The molecule has 0 saturated carbocycles. The normalized spacial score (nSPS) is 10.4. The quantitative estimate of drug-likeness (QED) is 0.794. The molecule has 2 heterocycles. The number of hydrogen-bond acceptors (Lipinski definition) is 3. The average Bonchev–Trinajstić information content (AvgIpc) is 2.28. The van der Waals surface area contributed by atoms with Crippen molar-refractivity contribution in [3.05, 3.63) is 51.8 Å². The van der Waals surface area contributed by atoms with Gasteiger partial charge in [-0.25, -0.2) is 4.98 Å². The highest BCUT2D eigenvalue weighted by atomic mass is 79.9. The Labute approximate surface area is 112 Å². The molecule has 0 aromatic carbocycles. The van der Waals surface area contributed by atoms with Crippen molar-refractivity contribution in [3.63, 3.8) is 0 Å². The van der Waals surface area contributed by atoms with Gasteiger partial charge in [-0.2, -0.15) is 0 Å². The molecule has 0 atom stereocenters. The summed E-state index contributed by atoms with van der Waals surface area (Å²) in [6, 6.07) is 7.58. The van der Waals surface area contributed by atoms with E-state index in [9.17, 15) is 0 Å². The van der Waals surface area contributed by atoms with Gasteiger partial charge < -0.3 is 0 Å². The molecular formula is C11H8BrClN2S. The van der Waals surface area contributed by atoms with Gasteiger partial charge in [0, 0.05) is 27.6 Å². The largest absolute Gasteiger partial charge is 0.260 e. The first-order valence-corrected chi connectivity index (χ1v) is 6.74. The van der Waals surface area contributed by atoms with Gasteiger partial charge in [0.05, 0.1) is 10.7 Å². The summed E-state index contributed by atoms with van der Waals surface area (Å²) in [7, 11) is 0. The zero-order valence-electron chi connectivity index (χ0n) is 8.23. The van der Waals surface area contributed by atoms with Crippen LogP contribution < -0.4 is 0 Å². The Balaban J connectivity index is 1.99. The molecule has 2 nitrogen and oxygen atoms in total. The number of pyridine rings is 2. The van der Waals surface area contributed by atoms with E-state index in [1.807, 2.05) is 18.2 Å². The van der Waals surface area contributed by atoms with Crippen LogP contribution in [0.5, 0.6) is 0 Å². The van der Waals surface area contributed by atoms with Crippen molar-refractivity contribution < 1.29 is 0 Å². The zero-order chi connectivity index (χ0) is 11.4. The van der Waals surface area contributed by atoms with Crippen molar-refractivity contribution in [3.8, 4) is 0 Å². The van der Waals surface area contributed by atoms with Gasteiger partial charge in [-0.05, 0) is 40.2 Å². The van der Waals surface area contributed by atoms with Gasteiger partial charge in [0.1, 0.15) is 0 Å². The number of halogens is 2. The second kappa shape index (κ2) is 5.66. The third-order valence-electron chi connectivity index (χ3n) is 1.85. The van der Waals surface area contributed by atoms with Gasteiger partial charge in [0.2, 0.25) is 0 Å². The fourth-order valence-electron chi connectivity index (χ4n) is 1.12. The fraction of sp³-hybridized carbons (Fsp3) is 0.0909. The van der Waals surface area contributed by atoms with Gasteiger partial charge in [0.15, 0.2) is 0 Å². The van der Waals surface area contributed by atoms with Crippen LogP contribution in [-0.4, -0.2) is 9.97 Å². The lowest BCUT2D eigenvalue weighted by atomic mass is 10.4. The maximum Gasteiger partial charge on any atom is 0.0964 e. The van der Waals surface area contributed by atoms with E-state index in [-0.39, 0.29) is 0 Å². The maximum atomic E-state index is 5.88. The predicted molar refractivity (Wildman–Crippen MR) is 70.7 cm³/mol. The van der Waals surface area contributed by atoms with Crippen molar-refractivity contribution in [1.29, 1.82) is 0 Å². The Morgan fingerprint density at radius 1 is 1.25 bits per heavy atom. The van der Waals surface area contributed by atoms with Crippen LogP contribution in [0.3, 0.4) is 0 Å². The minimum Gasteiger partial charge on any atom is -0.260 e. The summed E-state index contributed by atoms with van der Waals surface area (Å²) in [5.41, 5.74) is 0.960. The molecule has 16 heavy (non-hydrogen) atoms. The van der Waals surface area contributed by atoms with Crippen molar-refractivity contribution in [2.24, 2.45) is 0 Å². The molecule has 0 bridgehead atoms. The molecule has 0 unspecified atom stereocenters. The Morgan fingerprint density at radius 3 is 2.81 bits per heavy atom. The van der Waals surface area contributed by atoms with E-state index >= 15 is 0 Å². The van der Waals surface area contributed by atoms with Crippen molar-refractivity contribution >= 4 is 39.3 Å². The van der Waals surface area contributed by atoms with E-state index in [2.05, 4.69) is 25.9 Å². The summed E-state index contributed by atoms with van der Waals surface area (Å²) in [6.07, 6.45) is 3.50. The standard InChI is InChI=1S/C11H8BrClN2S/c12-8-1-2-11(15-6-8)16-7-10-5-9(13)3-4-14-10/h1-6H,7H2. The Kier molecular flexibility index (Phi) is 4.21. The second-order valence-electron chi connectivity index (χ2n) is 3.07.